The van der Waals surface area contributed by atoms with Gasteiger partial charge in [0.25, 0.3) is 11.5 Å². The predicted molar refractivity (Wildman–Crippen MR) is 95.0 cm³/mol. The van der Waals surface area contributed by atoms with Crippen LogP contribution in [-0.4, -0.2) is 35.3 Å². The van der Waals surface area contributed by atoms with E-state index in [0.717, 1.165) is 30.6 Å². The molecule has 25 heavy (non-hydrogen) atoms. The summed E-state index contributed by atoms with van der Waals surface area (Å²) in [5.74, 6) is -0.316. The van der Waals surface area contributed by atoms with E-state index in [-0.39, 0.29) is 29.6 Å². The van der Waals surface area contributed by atoms with Gasteiger partial charge in [0, 0.05) is 12.6 Å². The first-order valence-electron chi connectivity index (χ1n) is 7.99. The van der Waals surface area contributed by atoms with Gasteiger partial charge in [-0.2, -0.15) is 9.78 Å². The van der Waals surface area contributed by atoms with Crippen molar-refractivity contribution in [2.24, 2.45) is 5.92 Å². The highest BCUT2D eigenvalue weighted by molar-refractivity contribution is 5.92. The molecule has 8 heteroatoms. The molecule has 1 aliphatic rings. The van der Waals surface area contributed by atoms with E-state index in [1.807, 2.05) is 0 Å². The van der Waals surface area contributed by atoms with E-state index in [1.54, 1.807) is 0 Å². The number of carbonyl (C=O) groups excluding carboxylic acids is 1. The minimum absolute atomic E-state index is 0. The Balaban J connectivity index is 0.00000225. The number of rotatable bonds is 4. The molecule has 0 radical (unpaired) electrons. The average molecular weight is 367 g/mol. The van der Waals surface area contributed by atoms with Crippen LogP contribution in [0, 0.1) is 11.7 Å². The van der Waals surface area contributed by atoms with Gasteiger partial charge in [-0.1, -0.05) is 0 Å². The molecule has 6 nitrogen and oxygen atoms in total. The zero-order valence-corrected chi connectivity index (χ0v) is 14.4. The molecule has 1 amide bonds. The minimum atomic E-state index is -0.401. The second kappa shape index (κ2) is 8.73. The van der Waals surface area contributed by atoms with Crippen molar-refractivity contribution >= 4 is 18.3 Å². The summed E-state index contributed by atoms with van der Waals surface area (Å²) in [6.45, 7) is 2.49. The summed E-state index contributed by atoms with van der Waals surface area (Å²) >= 11 is 0. The molecule has 1 aromatic heterocycles. The lowest BCUT2D eigenvalue weighted by Crippen LogP contribution is -2.38. The number of piperidine rings is 1. The Morgan fingerprint density at radius 2 is 2.04 bits per heavy atom. The summed E-state index contributed by atoms with van der Waals surface area (Å²) in [4.78, 5) is 24.2. The van der Waals surface area contributed by atoms with E-state index in [2.05, 4.69) is 15.7 Å². The maximum Gasteiger partial charge on any atom is 0.271 e. The molecule has 1 fully saturated rings. The lowest BCUT2D eigenvalue weighted by atomic mass is 10.00. The van der Waals surface area contributed by atoms with Gasteiger partial charge >= 0.3 is 0 Å². The van der Waals surface area contributed by atoms with E-state index in [9.17, 15) is 14.0 Å². The second-order valence-electron chi connectivity index (χ2n) is 5.87. The Bertz CT molecular complexity index is 773. The summed E-state index contributed by atoms with van der Waals surface area (Å²) in [5, 5.41) is 10.2. The van der Waals surface area contributed by atoms with Crippen LogP contribution in [0.4, 0.5) is 4.39 Å². The molecule has 2 heterocycles. The number of amides is 1. The number of carbonyl (C=O) groups is 1. The highest BCUT2D eigenvalue weighted by Gasteiger charge is 2.16. The molecule has 0 aliphatic carbocycles. The summed E-state index contributed by atoms with van der Waals surface area (Å²) in [6, 6.07) is 8.06. The van der Waals surface area contributed by atoms with E-state index < -0.39 is 5.82 Å². The highest BCUT2D eigenvalue weighted by atomic mass is 35.5. The summed E-state index contributed by atoms with van der Waals surface area (Å²) in [5.41, 5.74) is 0.185. The smallest absolute Gasteiger partial charge is 0.271 e. The summed E-state index contributed by atoms with van der Waals surface area (Å²) < 4.78 is 14.1. The molecule has 0 spiro atoms. The number of hydrogen-bond donors (Lipinski definition) is 2. The van der Waals surface area contributed by atoms with Crippen molar-refractivity contribution in [1.82, 2.24) is 20.4 Å². The molecule has 1 atom stereocenters. The minimum Gasteiger partial charge on any atom is -0.350 e. The molecule has 1 saturated heterocycles. The number of halogens is 2. The molecule has 3 rings (SSSR count). The molecule has 1 aromatic carbocycles. The zero-order valence-electron chi connectivity index (χ0n) is 13.6. The molecule has 1 unspecified atom stereocenters. The van der Waals surface area contributed by atoms with Gasteiger partial charge in [0.1, 0.15) is 11.5 Å². The predicted octanol–water partition coefficient (Wildman–Crippen LogP) is 1.52. The Morgan fingerprint density at radius 3 is 2.72 bits per heavy atom. The standard InChI is InChI=1S/C17H19FN4O2.ClH/c18-13-3-5-14(6-4-13)22-16(23)8-7-15(21-22)17(24)20-11-12-2-1-9-19-10-12;/h3-8,12,19H,1-2,9-11H2,(H,20,24);1H. The molecule has 0 bridgehead atoms. The SMILES string of the molecule is Cl.O=C(NCC1CCCNC1)c1ccc(=O)n(-c2ccc(F)cc2)n1. The van der Waals surface area contributed by atoms with Gasteiger partial charge in [-0.25, -0.2) is 4.39 Å². The van der Waals surface area contributed by atoms with Crippen LogP contribution in [0.5, 0.6) is 0 Å². The van der Waals surface area contributed by atoms with Gasteiger partial charge in [0.15, 0.2) is 0 Å². The summed E-state index contributed by atoms with van der Waals surface area (Å²) in [7, 11) is 0. The lowest BCUT2D eigenvalue weighted by molar-refractivity contribution is 0.0938. The Labute approximate surface area is 150 Å². The average Bonchev–Trinajstić information content (AvgIpc) is 2.62. The summed E-state index contributed by atoms with van der Waals surface area (Å²) in [6.07, 6.45) is 2.18. The third-order valence-corrected chi connectivity index (χ3v) is 4.05. The molecule has 134 valence electrons. The van der Waals surface area contributed by atoms with Crippen molar-refractivity contribution in [3.63, 3.8) is 0 Å². The normalized spacial score (nSPS) is 16.8. The van der Waals surface area contributed by atoms with Crippen LogP contribution < -0.4 is 16.2 Å². The fraction of sp³-hybridized carbons (Fsp3) is 0.353. The number of nitrogens with zero attached hydrogens (tertiary/aromatic N) is 2. The van der Waals surface area contributed by atoms with Crippen LogP contribution in [0.2, 0.25) is 0 Å². The lowest BCUT2D eigenvalue weighted by Gasteiger charge is -2.22. The van der Waals surface area contributed by atoms with Crippen LogP contribution in [0.1, 0.15) is 23.3 Å². The molecule has 1 aliphatic heterocycles. The van der Waals surface area contributed by atoms with Gasteiger partial charge < -0.3 is 10.6 Å². The van der Waals surface area contributed by atoms with Crippen LogP contribution in [0.25, 0.3) is 5.69 Å². The number of nitrogens with one attached hydrogen (secondary N) is 2. The molecular weight excluding hydrogens is 347 g/mol. The van der Waals surface area contributed by atoms with Crippen LogP contribution in [0.3, 0.4) is 0 Å². The first-order valence-corrected chi connectivity index (χ1v) is 7.99. The van der Waals surface area contributed by atoms with Crippen LogP contribution in [0.15, 0.2) is 41.2 Å². The Hall–Kier alpha value is -2.25. The maximum absolute atomic E-state index is 13.0. The van der Waals surface area contributed by atoms with Crippen LogP contribution in [-0.2, 0) is 0 Å². The van der Waals surface area contributed by atoms with E-state index >= 15 is 0 Å². The van der Waals surface area contributed by atoms with Gasteiger partial charge in [-0.3, -0.25) is 9.59 Å². The van der Waals surface area contributed by atoms with Crippen molar-refractivity contribution in [2.75, 3.05) is 19.6 Å². The topological polar surface area (TPSA) is 76.0 Å². The molecule has 0 saturated carbocycles. The van der Waals surface area contributed by atoms with Gasteiger partial charge in [0.2, 0.25) is 0 Å². The zero-order chi connectivity index (χ0) is 16.9. The van der Waals surface area contributed by atoms with E-state index in [1.165, 1.54) is 36.4 Å². The Morgan fingerprint density at radius 1 is 1.28 bits per heavy atom. The molecule has 2 N–H and O–H groups in total. The third kappa shape index (κ3) is 4.87. The largest absolute Gasteiger partial charge is 0.350 e. The number of aromatic nitrogens is 2. The maximum atomic E-state index is 13.0. The van der Waals surface area contributed by atoms with Gasteiger partial charge in [-0.15, -0.1) is 12.4 Å². The van der Waals surface area contributed by atoms with Gasteiger partial charge in [-0.05, 0) is 62.2 Å². The van der Waals surface area contributed by atoms with E-state index in [0.29, 0.717) is 18.2 Å². The molecule has 2 aromatic rings. The monoisotopic (exact) mass is 366 g/mol. The number of benzene rings is 1. The third-order valence-electron chi connectivity index (χ3n) is 4.05. The van der Waals surface area contributed by atoms with Crippen molar-refractivity contribution in [3.05, 3.63) is 58.3 Å². The first kappa shape index (κ1) is 19.1. The fourth-order valence-corrected chi connectivity index (χ4v) is 2.73. The second-order valence-corrected chi connectivity index (χ2v) is 5.87. The Kier molecular flexibility index (Phi) is 6.66. The van der Waals surface area contributed by atoms with Crippen molar-refractivity contribution in [2.45, 2.75) is 12.8 Å². The van der Waals surface area contributed by atoms with E-state index in [4.69, 9.17) is 0 Å². The molecular formula is C17H20ClFN4O2. The highest BCUT2D eigenvalue weighted by Crippen LogP contribution is 2.09. The van der Waals surface area contributed by atoms with Gasteiger partial charge in [0.05, 0.1) is 5.69 Å². The van der Waals surface area contributed by atoms with Crippen molar-refractivity contribution < 1.29 is 9.18 Å². The number of hydrogen-bond acceptors (Lipinski definition) is 4. The fourth-order valence-electron chi connectivity index (χ4n) is 2.73. The quantitative estimate of drug-likeness (QED) is 0.860. The van der Waals surface area contributed by atoms with Crippen molar-refractivity contribution in [1.29, 1.82) is 0 Å². The first-order chi connectivity index (χ1) is 11.6. The van der Waals surface area contributed by atoms with Crippen molar-refractivity contribution in [3.8, 4) is 5.69 Å². The van der Waals surface area contributed by atoms with Crippen LogP contribution >= 0.6 is 12.4 Å².